The van der Waals surface area contributed by atoms with Gasteiger partial charge in [-0.15, -0.1) is 0 Å². The number of rotatable bonds is 3. The summed E-state index contributed by atoms with van der Waals surface area (Å²) in [5.41, 5.74) is 1.07. The molecule has 2 nitrogen and oxygen atoms in total. The molecule has 4 heteroatoms. The van der Waals surface area contributed by atoms with E-state index in [4.69, 9.17) is 27.9 Å². The van der Waals surface area contributed by atoms with Gasteiger partial charge in [-0.2, -0.15) is 0 Å². The van der Waals surface area contributed by atoms with Crippen molar-refractivity contribution in [2.24, 2.45) is 0 Å². The van der Waals surface area contributed by atoms with Crippen LogP contribution in [-0.2, 0) is 0 Å². The van der Waals surface area contributed by atoms with Gasteiger partial charge in [-0.1, -0.05) is 36.5 Å². The molecule has 0 radical (unpaired) electrons. The van der Waals surface area contributed by atoms with Crippen LogP contribution in [0, 0.1) is 0 Å². The molecule has 1 heterocycles. The van der Waals surface area contributed by atoms with Gasteiger partial charge >= 0.3 is 0 Å². The SMILES string of the molecule is CCCC1Oc2c(Cl)cc(Cl)cc2C1NC. The predicted octanol–water partition coefficient (Wildman–Crippen LogP) is 3.82. The molecule has 1 N–H and O–H groups in total. The van der Waals surface area contributed by atoms with Crippen molar-refractivity contribution >= 4 is 23.2 Å². The van der Waals surface area contributed by atoms with Gasteiger partial charge in [0.25, 0.3) is 0 Å². The molecule has 16 heavy (non-hydrogen) atoms. The molecule has 1 aromatic carbocycles. The molecule has 1 aromatic rings. The van der Waals surface area contributed by atoms with E-state index in [9.17, 15) is 0 Å². The Morgan fingerprint density at radius 1 is 1.38 bits per heavy atom. The molecule has 0 bridgehead atoms. The summed E-state index contributed by atoms with van der Waals surface area (Å²) in [4.78, 5) is 0. The Hall–Kier alpha value is -0.440. The summed E-state index contributed by atoms with van der Waals surface area (Å²) in [6.07, 6.45) is 2.25. The molecule has 0 aliphatic carbocycles. The first kappa shape index (κ1) is 12.0. The van der Waals surface area contributed by atoms with Crippen molar-refractivity contribution in [2.75, 3.05) is 7.05 Å². The molecule has 0 amide bonds. The highest BCUT2D eigenvalue weighted by Gasteiger charge is 2.34. The summed E-state index contributed by atoms with van der Waals surface area (Å²) in [5, 5.41) is 4.52. The van der Waals surface area contributed by atoms with E-state index < -0.39 is 0 Å². The molecule has 2 unspecified atom stereocenters. The molecule has 88 valence electrons. The lowest BCUT2D eigenvalue weighted by Crippen LogP contribution is -2.28. The lowest BCUT2D eigenvalue weighted by molar-refractivity contribution is 0.182. The van der Waals surface area contributed by atoms with Crippen molar-refractivity contribution in [1.82, 2.24) is 5.32 Å². The van der Waals surface area contributed by atoms with Crippen LogP contribution in [0.4, 0.5) is 0 Å². The van der Waals surface area contributed by atoms with Crippen LogP contribution in [0.3, 0.4) is 0 Å². The molecule has 0 aromatic heterocycles. The lowest BCUT2D eigenvalue weighted by atomic mass is 10.0. The Morgan fingerprint density at radius 3 is 2.75 bits per heavy atom. The topological polar surface area (TPSA) is 21.3 Å². The Bertz CT molecular complexity index is 395. The molecule has 0 saturated heterocycles. The predicted molar refractivity (Wildman–Crippen MR) is 67.6 cm³/mol. The monoisotopic (exact) mass is 259 g/mol. The van der Waals surface area contributed by atoms with Crippen molar-refractivity contribution in [3.05, 3.63) is 27.7 Å². The Balaban J connectivity index is 2.38. The van der Waals surface area contributed by atoms with Crippen molar-refractivity contribution in [2.45, 2.75) is 31.9 Å². The quantitative estimate of drug-likeness (QED) is 0.892. The summed E-state index contributed by atoms with van der Waals surface area (Å²) >= 11 is 12.1. The largest absolute Gasteiger partial charge is 0.487 e. The highest BCUT2D eigenvalue weighted by Crippen LogP contribution is 2.44. The van der Waals surface area contributed by atoms with Crippen LogP contribution in [-0.4, -0.2) is 13.2 Å². The van der Waals surface area contributed by atoms with E-state index in [-0.39, 0.29) is 12.1 Å². The van der Waals surface area contributed by atoms with Crippen LogP contribution >= 0.6 is 23.2 Å². The van der Waals surface area contributed by atoms with Crippen LogP contribution in [0.1, 0.15) is 31.4 Å². The van der Waals surface area contributed by atoms with Crippen LogP contribution in [0.5, 0.6) is 5.75 Å². The van der Waals surface area contributed by atoms with Gasteiger partial charge in [0, 0.05) is 10.6 Å². The van der Waals surface area contributed by atoms with E-state index >= 15 is 0 Å². The molecule has 0 saturated carbocycles. The van der Waals surface area contributed by atoms with E-state index in [0.717, 1.165) is 24.2 Å². The first-order chi connectivity index (χ1) is 7.67. The summed E-state index contributed by atoms with van der Waals surface area (Å²) < 4.78 is 5.88. The molecule has 2 rings (SSSR count). The van der Waals surface area contributed by atoms with Gasteiger partial charge in [0.05, 0.1) is 11.1 Å². The number of halogens is 2. The third-order valence-electron chi connectivity index (χ3n) is 2.90. The Labute approximate surface area is 106 Å². The molecular formula is C12H15Cl2NO. The number of fused-ring (bicyclic) bond motifs is 1. The highest BCUT2D eigenvalue weighted by molar-refractivity contribution is 6.35. The summed E-state index contributed by atoms with van der Waals surface area (Å²) in [7, 11) is 1.93. The molecular weight excluding hydrogens is 245 g/mol. The van der Waals surface area contributed by atoms with Crippen LogP contribution in [0.2, 0.25) is 10.0 Å². The zero-order valence-corrected chi connectivity index (χ0v) is 10.9. The van der Waals surface area contributed by atoms with Crippen LogP contribution in [0.15, 0.2) is 12.1 Å². The minimum atomic E-state index is 0.154. The number of benzene rings is 1. The second-order valence-corrected chi connectivity index (χ2v) is 4.86. The van der Waals surface area contributed by atoms with Crippen molar-refractivity contribution < 1.29 is 4.74 Å². The van der Waals surface area contributed by atoms with Gasteiger partial charge in [0.2, 0.25) is 0 Å². The van der Waals surface area contributed by atoms with Crippen molar-refractivity contribution in [3.63, 3.8) is 0 Å². The first-order valence-corrected chi connectivity index (χ1v) is 6.25. The van der Waals surface area contributed by atoms with E-state index in [1.165, 1.54) is 0 Å². The second-order valence-electron chi connectivity index (χ2n) is 4.02. The van der Waals surface area contributed by atoms with Gasteiger partial charge in [-0.05, 0) is 25.6 Å². The summed E-state index contributed by atoms with van der Waals surface area (Å²) in [6.45, 7) is 2.15. The van der Waals surface area contributed by atoms with E-state index in [2.05, 4.69) is 12.2 Å². The minimum Gasteiger partial charge on any atom is -0.487 e. The zero-order valence-electron chi connectivity index (χ0n) is 9.39. The normalized spacial score (nSPS) is 23.0. The second kappa shape index (κ2) is 4.82. The van der Waals surface area contributed by atoms with Gasteiger partial charge in [0.1, 0.15) is 11.9 Å². The maximum Gasteiger partial charge on any atom is 0.143 e. The third-order valence-corrected chi connectivity index (χ3v) is 3.40. The fourth-order valence-corrected chi connectivity index (χ4v) is 2.76. The van der Waals surface area contributed by atoms with Crippen molar-refractivity contribution in [3.8, 4) is 5.75 Å². The molecule has 0 spiro atoms. The van der Waals surface area contributed by atoms with Crippen LogP contribution < -0.4 is 10.1 Å². The minimum absolute atomic E-state index is 0.154. The maximum absolute atomic E-state index is 6.13. The van der Waals surface area contributed by atoms with Crippen LogP contribution in [0.25, 0.3) is 0 Å². The van der Waals surface area contributed by atoms with Gasteiger partial charge in [-0.3, -0.25) is 0 Å². The number of hydrogen-bond donors (Lipinski definition) is 1. The lowest BCUT2D eigenvalue weighted by Gasteiger charge is -2.17. The highest BCUT2D eigenvalue weighted by atomic mass is 35.5. The fraction of sp³-hybridized carbons (Fsp3) is 0.500. The number of nitrogens with one attached hydrogen (secondary N) is 1. The average molecular weight is 260 g/mol. The maximum atomic E-state index is 6.13. The van der Waals surface area contributed by atoms with Crippen molar-refractivity contribution in [1.29, 1.82) is 0 Å². The Morgan fingerprint density at radius 2 is 2.12 bits per heavy atom. The third kappa shape index (κ3) is 2.02. The van der Waals surface area contributed by atoms with E-state index in [1.807, 2.05) is 13.1 Å². The van der Waals surface area contributed by atoms with Gasteiger partial charge in [-0.25, -0.2) is 0 Å². The molecule has 1 aliphatic rings. The van der Waals surface area contributed by atoms with E-state index in [0.29, 0.717) is 10.0 Å². The smallest absolute Gasteiger partial charge is 0.143 e. The fourth-order valence-electron chi connectivity index (χ4n) is 2.21. The first-order valence-electron chi connectivity index (χ1n) is 5.50. The van der Waals surface area contributed by atoms with Gasteiger partial charge in [0.15, 0.2) is 0 Å². The number of ether oxygens (including phenoxy) is 1. The Kier molecular flexibility index (Phi) is 3.63. The summed E-state index contributed by atoms with van der Waals surface area (Å²) in [6, 6.07) is 3.84. The summed E-state index contributed by atoms with van der Waals surface area (Å²) in [5.74, 6) is 0.781. The molecule has 0 fully saturated rings. The molecule has 1 aliphatic heterocycles. The number of likely N-dealkylation sites (N-methyl/N-ethyl adjacent to an activating group) is 1. The van der Waals surface area contributed by atoms with E-state index in [1.54, 1.807) is 6.07 Å². The average Bonchev–Trinajstić information content (AvgIpc) is 2.56. The zero-order chi connectivity index (χ0) is 11.7. The molecule has 2 atom stereocenters. The standard InChI is InChI=1S/C12H15Cl2NO/c1-3-4-10-11(15-2)8-5-7(13)6-9(14)12(8)16-10/h5-6,10-11,15H,3-4H2,1-2H3. The number of hydrogen-bond acceptors (Lipinski definition) is 2. The van der Waals surface area contributed by atoms with Gasteiger partial charge < -0.3 is 10.1 Å².